The summed E-state index contributed by atoms with van der Waals surface area (Å²) in [5.41, 5.74) is 1.09. The van der Waals surface area contributed by atoms with Crippen molar-refractivity contribution in [2.24, 2.45) is 35.0 Å². The highest BCUT2D eigenvalue weighted by Crippen LogP contribution is 2.47. The third kappa shape index (κ3) is 6.03. The molecule has 2 aliphatic carbocycles. The zero-order valence-electron chi connectivity index (χ0n) is 23.1. The monoisotopic (exact) mass is 580 g/mol. The maximum atomic E-state index is 13.9. The minimum Gasteiger partial charge on any atom is -0.492 e. The lowest BCUT2D eigenvalue weighted by atomic mass is 9.58. The summed E-state index contributed by atoms with van der Waals surface area (Å²) in [7, 11) is 0. The van der Waals surface area contributed by atoms with Crippen LogP contribution in [0.25, 0.3) is 0 Å². The first kappa shape index (κ1) is 28.8. The molecule has 7 nitrogen and oxygen atoms in total. The average molecular weight is 582 g/mol. The predicted molar refractivity (Wildman–Crippen MR) is 147 cm³/mol. The van der Waals surface area contributed by atoms with Crippen LogP contribution in [0.4, 0.5) is 0 Å². The van der Waals surface area contributed by atoms with Crippen LogP contribution in [0.15, 0.2) is 22.7 Å². The third-order valence-electron chi connectivity index (χ3n) is 9.72. The Balaban J connectivity index is 1.57. The van der Waals surface area contributed by atoms with E-state index in [0.29, 0.717) is 36.8 Å². The summed E-state index contributed by atoms with van der Waals surface area (Å²) in [4.78, 5) is 20.1. The van der Waals surface area contributed by atoms with Gasteiger partial charge in [0.1, 0.15) is 17.9 Å². The molecule has 0 unspecified atom stereocenters. The second-order valence-electron chi connectivity index (χ2n) is 12.4. The van der Waals surface area contributed by atoms with Gasteiger partial charge in [-0.3, -0.25) is 9.63 Å². The number of halogens is 1. The Morgan fingerprint density at radius 1 is 1.30 bits per heavy atom. The van der Waals surface area contributed by atoms with Gasteiger partial charge in [-0.1, -0.05) is 46.8 Å². The Morgan fingerprint density at radius 3 is 2.62 bits per heavy atom. The van der Waals surface area contributed by atoms with Crippen molar-refractivity contribution in [1.82, 2.24) is 10.4 Å². The Kier molecular flexibility index (Phi) is 8.96. The highest BCUT2D eigenvalue weighted by atomic mass is 79.9. The third-order valence-corrected chi connectivity index (χ3v) is 10.3. The molecule has 0 bridgehead atoms. The highest BCUT2D eigenvalue weighted by molar-refractivity contribution is 9.10. The largest absolute Gasteiger partial charge is 0.492 e. The molecule has 208 valence electrons. The van der Waals surface area contributed by atoms with E-state index in [2.05, 4.69) is 55.9 Å². The van der Waals surface area contributed by atoms with E-state index in [1.54, 1.807) is 12.0 Å². The molecule has 8 heteroatoms. The lowest BCUT2D eigenvalue weighted by molar-refractivity contribution is -0.182. The normalized spacial score (nSPS) is 34.8. The summed E-state index contributed by atoms with van der Waals surface area (Å²) in [5, 5.41) is 25.7. The first-order chi connectivity index (χ1) is 17.4. The van der Waals surface area contributed by atoms with E-state index in [-0.39, 0.29) is 24.0 Å². The van der Waals surface area contributed by atoms with E-state index < -0.39 is 24.2 Å². The van der Waals surface area contributed by atoms with Crippen LogP contribution >= 0.6 is 15.9 Å². The summed E-state index contributed by atoms with van der Waals surface area (Å²) in [5.74, 6) is 1.87. The molecule has 8 atom stereocenters. The van der Waals surface area contributed by atoms with Crippen molar-refractivity contribution in [3.05, 3.63) is 28.2 Å². The van der Waals surface area contributed by atoms with Crippen LogP contribution in [0.3, 0.4) is 0 Å². The number of amides is 1. The Bertz CT molecular complexity index is 952. The van der Waals surface area contributed by atoms with E-state index >= 15 is 0 Å². The molecule has 0 spiro atoms. The van der Waals surface area contributed by atoms with Gasteiger partial charge in [-0.15, -0.1) is 0 Å². The van der Waals surface area contributed by atoms with Gasteiger partial charge < -0.3 is 20.3 Å². The summed E-state index contributed by atoms with van der Waals surface area (Å²) in [6.07, 6.45) is 1.80. The number of para-hydroxylation sites is 1. The number of aliphatic hydroxyl groups excluding tert-OH is 2. The van der Waals surface area contributed by atoms with Gasteiger partial charge in [-0.05, 0) is 77.3 Å². The van der Waals surface area contributed by atoms with Crippen LogP contribution < -0.4 is 10.1 Å². The Labute approximate surface area is 230 Å². The van der Waals surface area contributed by atoms with Gasteiger partial charge in [0.2, 0.25) is 5.91 Å². The first-order valence-corrected chi connectivity index (χ1v) is 14.7. The number of hydroxylamine groups is 2. The molecular weight excluding hydrogens is 536 g/mol. The molecule has 4 rings (SSSR count). The lowest BCUT2D eigenvalue weighted by Gasteiger charge is -2.50. The molecule has 2 saturated carbocycles. The molecule has 1 amide bonds. The number of carbonyl (C=O) groups excluding carboxylic acids is 1. The molecule has 1 saturated heterocycles. The Hall–Kier alpha value is -1.19. The van der Waals surface area contributed by atoms with E-state index in [9.17, 15) is 15.0 Å². The summed E-state index contributed by atoms with van der Waals surface area (Å²) in [6, 6.07) is 5.17. The van der Waals surface area contributed by atoms with Crippen LogP contribution in [0.2, 0.25) is 0 Å². The quantitative estimate of drug-likeness (QED) is 0.397. The number of hydrogen-bond acceptors (Lipinski definition) is 6. The standard InChI is InChI=1S/C29H45BrN2O5/c1-16-12-23(17(2)18(3)29(16,5)6)31-28(35)26-25(19(4)34)24(14-33)37-32(26)13-21-8-7-9-22(30)27(21)36-15-20-10-11-20/h7-9,16-20,23-26,33-34H,10-15H2,1-6H3,(H,31,35)/t16-,17+,18+,19+,23+,24+,25-,26+/m1/s1. The average Bonchev–Trinajstić information content (AvgIpc) is 3.59. The van der Waals surface area contributed by atoms with Crippen LogP contribution in [0.5, 0.6) is 5.75 Å². The fraction of sp³-hybridized carbons (Fsp3) is 0.759. The molecule has 1 heterocycles. The first-order valence-electron chi connectivity index (χ1n) is 13.9. The van der Waals surface area contributed by atoms with Crippen molar-refractivity contribution >= 4 is 21.8 Å². The maximum absolute atomic E-state index is 13.9. The molecule has 0 radical (unpaired) electrons. The van der Waals surface area contributed by atoms with E-state index in [1.807, 2.05) is 18.2 Å². The van der Waals surface area contributed by atoms with Gasteiger partial charge in [-0.2, -0.15) is 5.06 Å². The van der Waals surface area contributed by atoms with Crippen LogP contribution in [0.1, 0.15) is 66.4 Å². The summed E-state index contributed by atoms with van der Waals surface area (Å²) >= 11 is 3.62. The molecule has 3 N–H and O–H groups in total. The molecule has 37 heavy (non-hydrogen) atoms. The van der Waals surface area contributed by atoms with Crippen LogP contribution in [0, 0.1) is 35.0 Å². The number of aliphatic hydroxyl groups is 2. The number of benzene rings is 1. The molecule has 3 fully saturated rings. The van der Waals surface area contributed by atoms with Gasteiger partial charge in [0.15, 0.2) is 0 Å². The van der Waals surface area contributed by atoms with Crippen molar-refractivity contribution in [2.75, 3.05) is 13.2 Å². The van der Waals surface area contributed by atoms with E-state index in [0.717, 1.165) is 22.2 Å². The second kappa shape index (κ2) is 11.5. The van der Waals surface area contributed by atoms with Crippen molar-refractivity contribution in [3.8, 4) is 5.75 Å². The summed E-state index contributed by atoms with van der Waals surface area (Å²) in [6.45, 7) is 13.8. The Morgan fingerprint density at radius 2 is 2.00 bits per heavy atom. The molecular formula is C29H45BrN2O5. The number of rotatable bonds is 9. The number of nitrogens with zero attached hydrogens (tertiary/aromatic N) is 1. The van der Waals surface area contributed by atoms with Gasteiger partial charge in [-0.25, -0.2) is 0 Å². The minimum atomic E-state index is -0.827. The van der Waals surface area contributed by atoms with Crippen LogP contribution in [-0.4, -0.2) is 58.7 Å². The fourth-order valence-corrected chi connectivity index (χ4v) is 6.72. The number of ether oxygens (including phenoxy) is 1. The minimum absolute atomic E-state index is 0.0403. The molecule has 1 aromatic carbocycles. The molecule has 1 aromatic rings. The zero-order valence-corrected chi connectivity index (χ0v) is 24.7. The van der Waals surface area contributed by atoms with Crippen molar-refractivity contribution < 1.29 is 24.6 Å². The SMILES string of the molecule is C[C@@H]1[C@@H](NC(=O)[C@@H]2[C@H]([C@H](C)O)[C@H](CO)ON2Cc2cccc(Br)c2OCC2CC2)C[C@@H](C)C(C)(C)[C@H]1C. The molecule has 1 aliphatic heterocycles. The zero-order chi connectivity index (χ0) is 27.1. The summed E-state index contributed by atoms with van der Waals surface area (Å²) < 4.78 is 7.04. The van der Waals surface area contributed by atoms with Crippen molar-refractivity contribution in [3.63, 3.8) is 0 Å². The topological polar surface area (TPSA) is 91.3 Å². The number of nitrogens with one attached hydrogen (secondary N) is 1. The van der Waals surface area contributed by atoms with Gasteiger partial charge in [0, 0.05) is 17.5 Å². The smallest absolute Gasteiger partial charge is 0.240 e. The fourth-order valence-electron chi connectivity index (χ4n) is 6.20. The second-order valence-corrected chi connectivity index (χ2v) is 13.2. The lowest BCUT2D eigenvalue weighted by Crippen LogP contribution is -2.56. The molecule has 0 aromatic heterocycles. The number of hydrogen-bond donors (Lipinski definition) is 3. The van der Waals surface area contributed by atoms with Crippen molar-refractivity contribution in [2.45, 2.75) is 91.6 Å². The van der Waals surface area contributed by atoms with Crippen LogP contribution in [-0.2, 0) is 16.2 Å². The van der Waals surface area contributed by atoms with Gasteiger partial charge in [0.05, 0.1) is 30.3 Å². The highest BCUT2D eigenvalue weighted by Gasteiger charge is 2.51. The van der Waals surface area contributed by atoms with Gasteiger partial charge in [0.25, 0.3) is 0 Å². The van der Waals surface area contributed by atoms with E-state index in [4.69, 9.17) is 9.57 Å². The molecule has 3 aliphatic rings. The predicted octanol–water partition coefficient (Wildman–Crippen LogP) is 4.53. The maximum Gasteiger partial charge on any atom is 0.240 e. The van der Waals surface area contributed by atoms with E-state index in [1.165, 1.54) is 12.8 Å². The van der Waals surface area contributed by atoms with Crippen molar-refractivity contribution in [1.29, 1.82) is 0 Å². The van der Waals surface area contributed by atoms with Gasteiger partial charge >= 0.3 is 0 Å². The number of carbonyl (C=O) groups is 1.